The number of morpholine rings is 1. The monoisotopic (exact) mass is 383 g/mol. The molecule has 1 aliphatic rings. The lowest BCUT2D eigenvalue weighted by Crippen LogP contribution is -2.45. The van der Waals surface area contributed by atoms with Crippen molar-refractivity contribution < 1.29 is 17.9 Å². The number of rotatable bonds is 7. The topological polar surface area (TPSA) is 88.6 Å². The number of hydrogen-bond donors (Lipinski definition) is 1. The van der Waals surface area contributed by atoms with Crippen molar-refractivity contribution in [3.05, 3.63) is 23.9 Å². The van der Waals surface area contributed by atoms with Gasteiger partial charge < -0.3 is 15.0 Å². The zero-order valence-corrected chi connectivity index (χ0v) is 16.8. The highest BCUT2D eigenvalue weighted by Crippen LogP contribution is 2.18. The third-order valence-corrected chi connectivity index (χ3v) is 6.68. The lowest BCUT2D eigenvalue weighted by molar-refractivity contribution is -0.120. The van der Waals surface area contributed by atoms with Gasteiger partial charge in [-0.15, -0.1) is 0 Å². The summed E-state index contributed by atoms with van der Waals surface area (Å²) >= 11 is 0. The summed E-state index contributed by atoms with van der Waals surface area (Å²) in [4.78, 5) is 18.7. The van der Waals surface area contributed by atoms with Gasteiger partial charge in [0.15, 0.2) is 9.84 Å². The van der Waals surface area contributed by atoms with Gasteiger partial charge in [0.05, 0.1) is 18.0 Å². The predicted molar refractivity (Wildman–Crippen MR) is 102 cm³/mol. The van der Waals surface area contributed by atoms with Crippen molar-refractivity contribution in [2.45, 2.75) is 58.1 Å². The maximum atomic E-state index is 12.1. The average Bonchev–Trinajstić information content (AvgIpc) is 2.58. The van der Waals surface area contributed by atoms with Crippen LogP contribution in [0.1, 0.15) is 39.7 Å². The molecule has 0 spiro atoms. The molecule has 3 unspecified atom stereocenters. The molecule has 2 rings (SSSR count). The number of anilines is 1. The molecule has 2 heterocycles. The molecule has 1 aromatic rings. The summed E-state index contributed by atoms with van der Waals surface area (Å²) in [5, 5.41) is 1.65. The molecule has 26 heavy (non-hydrogen) atoms. The van der Waals surface area contributed by atoms with Crippen molar-refractivity contribution in [1.29, 1.82) is 0 Å². The highest BCUT2D eigenvalue weighted by molar-refractivity contribution is 7.92. The van der Waals surface area contributed by atoms with E-state index in [1.807, 2.05) is 26.0 Å². The molecule has 146 valence electrons. The van der Waals surface area contributed by atoms with E-state index in [-0.39, 0.29) is 24.5 Å². The summed E-state index contributed by atoms with van der Waals surface area (Å²) in [5.41, 5.74) is 0.830. The summed E-state index contributed by atoms with van der Waals surface area (Å²) in [6.07, 6.45) is 2.53. The zero-order valence-electron chi connectivity index (χ0n) is 15.9. The standard InChI is InChI=1S/C18H29N3O4S/c1-5-8-26(23,24)15(4)18(22)20-10-16-6-7-17(19-9-16)21-11-13(2)25-14(3)12-21/h6-7,9,13-15H,5,8,10-12H2,1-4H3,(H,20,22). The van der Waals surface area contributed by atoms with E-state index in [1.165, 1.54) is 6.92 Å². The second kappa shape index (κ2) is 8.81. The number of nitrogens with zero attached hydrogens (tertiary/aromatic N) is 2. The second-order valence-corrected chi connectivity index (χ2v) is 9.36. The molecule has 0 aliphatic carbocycles. The quantitative estimate of drug-likeness (QED) is 0.768. The molecular weight excluding hydrogens is 354 g/mol. The first-order valence-corrected chi connectivity index (χ1v) is 10.8. The van der Waals surface area contributed by atoms with Gasteiger partial charge in [-0.25, -0.2) is 13.4 Å². The Morgan fingerprint density at radius 3 is 2.54 bits per heavy atom. The van der Waals surface area contributed by atoms with E-state index in [2.05, 4.69) is 15.2 Å². The molecule has 1 fully saturated rings. The SMILES string of the molecule is CCCS(=O)(=O)C(C)C(=O)NCc1ccc(N2CC(C)OC(C)C2)nc1. The van der Waals surface area contributed by atoms with Crippen molar-refractivity contribution in [1.82, 2.24) is 10.3 Å². The summed E-state index contributed by atoms with van der Waals surface area (Å²) in [7, 11) is -3.39. The van der Waals surface area contributed by atoms with Crippen molar-refractivity contribution >= 4 is 21.6 Å². The average molecular weight is 384 g/mol. The van der Waals surface area contributed by atoms with Crippen LogP contribution in [0, 0.1) is 0 Å². The largest absolute Gasteiger partial charge is 0.372 e. The van der Waals surface area contributed by atoms with Crippen LogP contribution in [0.5, 0.6) is 0 Å². The molecule has 1 aliphatic heterocycles. The summed E-state index contributed by atoms with van der Waals surface area (Å²) in [6, 6.07) is 3.82. The summed E-state index contributed by atoms with van der Waals surface area (Å²) in [6.45, 7) is 9.14. The first-order chi connectivity index (χ1) is 12.2. The van der Waals surface area contributed by atoms with E-state index in [0.717, 1.165) is 24.5 Å². The smallest absolute Gasteiger partial charge is 0.238 e. The number of carbonyl (C=O) groups is 1. The molecule has 0 bridgehead atoms. The zero-order chi connectivity index (χ0) is 19.3. The molecule has 1 amide bonds. The van der Waals surface area contributed by atoms with Crippen LogP contribution >= 0.6 is 0 Å². The molecule has 8 heteroatoms. The molecule has 0 radical (unpaired) electrons. The second-order valence-electron chi connectivity index (χ2n) is 6.91. The van der Waals surface area contributed by atoms with Crippen LogP contribution in [0.2, 0.25) is 0 Å². The number of ether oxygens (including phenoxy) is 1. The van der Waals surface area contributed by atoms with Crippen LogP contribution in [-0.4, -0.2) is 55.6 Å². The number of pyridine rings is 1. The first kappa shape index (κ1) is 20.6. The molecule has 1 N–H and O–H groups in total. The molecule has 3 atom stereocenters. The minimum atomic E-state index is -3.39. The maximum absolute atomic E-state index is 12.1. The van der Waals surface area contributed by atoms with Crippen LogP contribution in [0.3, 0.4) is 0 Å². The number of amides is 1. The van der Waals surface area contributed by atoms with Gasteiger partial charge in [-0.05, 0) is 38.8 Å². The Balaban J connectivity index is 1.92. The predicted octanol–water partition coefficient (Wildman–Crippen LogP) is 1.52. The van der Waals surface area contributed by atoms with Gasteiger partial charge in [0.25, 0.3) is 0 Å². The Kier molecular flexibility index (Phi) is 7.00. The number of hydrogen-bond acceptors (Lipinski definition) is 6. The normalized spacial score (nSPS) is 22.1. The van der Waals surface area contributed by atoms with Gasteiger partial charge in [-0.2, -0.15) is 0 Å². The van der Waals surface area contributed by atoms with Crippen molar-refractivity contribution in [3.8, 4) is 0 Å². The molecule has 7 nitrogen and oxygen atoms in total. The number of sulfone groups is 1. The summed E-state index contributed by atoms with van der Waals surface area (Å²) < 4.78 is 29.7. The Hall–Kier alpha value is -1.67. The van der Waals surface area contributed by atoms with Gasteiger partial charge in [0.1, 0.15) is 11.1 Å². The van der Waals surface area contributed by atoms with E-state index < -0.39 is 21.0 Å². The summed E-state index contributed by atoms with van der Waals surface area (Å²) in [5.74, 6) is 0.424. The van der Waals surface area contributed by atoms with Crippen LogP contribution in [0.25, 0.3) is 0 Å². The number of carbonyl (C=O) groups excluding carboxylic acids is 1. The van der Waals surface area contributed by atoms with Crippen molar-refractivity contribution in [2.75, 3.05) is 23.7 Å². The van der Waals surface area contributed by atoms with Crippen LogP contribution in [-0.2, 0) is 25.9 Å². The van der Waals surface area contributed by atoms with Crippen LogP contribution in [0.4, 0.5) is 5.82 Å². The molecular formula is C18H29N3O4S. The van der Waals surface area contributed by atoms with Gasteiger partial charge in [0, 0.05) is 25.8 Å². The van der Waals surface area contributed by atoms with Gasteiger partial charge in [0.2, 0.25) is 5.91 Å². The number of aromatic nitrogens is 1. The van der Waals surface area contributed by atoms with E-state index in [1.54, 1.807) is 13.1 Å². The minimum absolute atomic E-state index is 0.0221. The number of nitrogens with one attached hydrogen (secondary N) is 1. The molecule has 1 aromatic heterocycles. The van der Waals surface area contributed by atoms with Crippen molar-refractivity contribution in [2.24, 2.45) is 0 Å². The van der Waals surface area contributed by atoms with Gasteiger partial charge in [-0.3, -0.25) is 4.79 Å². The Labute approximate surface area is 156 Å². The molecule has 0 aromatic carbocycles. The fourth-order valence-corrected chi connectivity index (χ4v) is 4.36. The van der Waals surface area contributed by atoms with E-state index in [4.69, 9.17) is 4.74 Å². The Bertz CT molecular complexity index is 696. The third kappa shape index (κ3) is 5.41. The molecule has 1 saturated heterocycles. The Morgan fingerprint density at radius 2 is 2.00 bits per heavy atom. The van der Waals surface area contributed by atoms with E-state index in [9.17, 15) is 13.2 Å². The molecule has 0 saturated carbocycles. The van der Waals surface area contributed by atoms with Crippen molar-refractivity contribution in [3.63, 3.8) is 0 Å². The highest BCUT2D eigenvalue weighted by Gasteiger charge is 2.27. The fourth-order valence-electron chi connectivity index (χ4n) is 3.03. The third-order valence-electron chi connectivity index (χ3n) is 4.42. The van der Waals surface area contributed by atoms with E-state index >= 15 is 0 Å². The lowest BCUT2D eigenvalue weighted by Gasteiger charge is -2.36. The highest BCUT2D eigenvalue weighted by atomic mass is 32.2. The van der Waals surface area contributed by atoms with Gasteiger partial charge >= 0.3 is 0 Å². The van der Waals surface area contributed by atoms with Crippen LogP contribution in [0.15, 0.2) is 18.3 Å². The van der Waals surface area contributed by atoms with Crippen LogP contribution < -0.4 is 10.2 Å². The van der Waals surface area contributed by atoms with E-state index in [0.29, 0.717) is 6.42 Å². The first-order valence-electron chi connectivity index (χ1n) is 9.07. The lowest BCUT2D eigenvalue weighted by atomic mass is 10.2. The minimum Gasteiger partial charge on any atom is -0.372 e. The Morgan fingerprint density at radius 1 is 1.35 bits per heavy atom. The maximum Gasteiger partial charge on any atom is 0.238 e. The van der Waals surface area contributed by atoms with Gasteiger partial charge in [-0.1, -0.05) is 13.0 Å². The fraction of sp³-hybridized carbons (Fsp3) is 0.667.